The Morgan fingerprint density at radius 1 is 1.53 bits per heavy atom. The van der Waals surface area contributed by atoms with Crippen LogP contribution in [0, 0.1) is 11.8 Å². The number of oxime groups is 1. The van der Waals surface area contributed by atoms with Crippen molar-refractivity contribution in [3.8, 4) is 17.6 Å². The van der Waals surface area contributed by atoms with E-state index < -0.39 is 0 Å². The van der Waals surface area contributed by atoms with Crippen molar-refractivity contribution in [1.29, 1.82) is 0 Å². The van der Waals surface area contributed by atoms with Gasteiger partial charge in [-0.15, -0.1) is 11.8 Å². The fourth-order valence-corrected chi connectivity index (χ4v) is 1.62. The molecule has 0 aliphatic rings. The maximum absolute atomic E-state index is 8.68. The Kier molecular flexibility index (Phi) is 6.27. The zero-order chi connectivity index (χ0) is 14.1. The van der Waals surface area contributed by atoms with Gasteiger partial charge >= 0.3 is 0 Å². The third kappa shape index (κ3) is 4.53. The summed E-state index contributed by atoms with van der Waals surface area (Å²) in [6.45, 7) is 3.39. The Morgan fingerprint density at radius 2 is 2.32 bits per heavy atom. The van der Waals surface area contributed by atoms with Gasteiger partial charge < -0.3 is 21.0 Å². The summed E-state index contributed by atoms with van der Waals surface area (Å²) in [5.74, 6) is 6.46. The van der Waals surface area contributed by atoms with Crippen LogP contribution in [0.1, 0.15) is 24.5 Å². The van der Waals surface area contributed by atoms with Crippen LogP contribution in [-0.2, 0) is 6.54 Å². The number of nitrogens with one attached hydrogen (secondary N) is 1. The summed E-state index contributed by atoms with van der Waals surface area (Å²) >= 11 is 0. The highest BCUT2D eigenvalue weighted by atomic mass is 16.5. The number of hydrogen-bond acceptors (Lipinski definition) is 4. The summed E-state index contributed by atoms with van der Waals surface area (Å²) in [7, 11) is 1.55. The molecule has 0 bridgehead atoms. The number of nitrogens with zero attached hydrogens (tertiary/aromatic N) is 1. The molecule has 0 aromatic heterocycles. The molecule has 0 atom stereocenters. The van der Waals surface area contributed by atoms with Gasteiger partial charge in [0, 0.05) is 19.5 Å². The van der Waals surface area contributed by atoms with Gasteiger partial charge in [0.25, 0.3) is 0 Å². The van der Waals surface area contributed by atoms with E-state index in [9.17, 15) is 0 Å². The monoisotopic (exact) mass is 261 g/mol. The highest BCUT2D eigenvalue weighted by Crippen LogP contribution is 2.19. The van der Waals surface area contributed by atoms with Crippen LogP contribution < -0.4 is 15.8 Å². The first-order valence-electron chi connectivity index (χ1n) is 5.98. The second kappa shape index (κ2) is 8.01. The van der Waals surface area contributed by atoms with Gasteiger partial charge in [0.2, 0.25) is 0 Å². The number of nitrogens with two attached hydrogens (primary N) is 1. The van der Waals surface area contributed by atoms with Crippen LogP contribution in [0.2, 0.25) is 0 Å². The van der Waals surface area contributed by atoms with Gasteiger partial charge in [0.1, 0.15) is 5.75 Å². The molecule has 102 valence electrons. The van der Waals surface area contributed by atoms with E-state index in [1.165, 1.54) is 0 Å². The lowest BCUT2D eigenvalue weighted by atomic mass is 10.1. The molecule has 5 heteroatoms. The maximum Gasteiger partial charge on any atom is 0.173 e. The second-order valence-electron chi connectivity index (χ2n) is 3.87. The molecule has 0 fully saturated rings. The van der Waals surface area contributed by atoms with Crippen molar-refractivity contribution in [3.05, 3.63) is 29.3 Å². The number of benzene rings is 1. The first kappa shape index (κ1) is 14.9. The largest absolute Gasteiger partial charge is 0.496 e. The van der Waals surface area contributed by atoms with E-state index in [2.05, 4.69) is 22.3 Å². The molecule has 4 N–H and O–H groups in total. The Balaban J connectivity index is 2.68. The zero-order valence-electron chi connectivity index (χ0n) is 11.2. The average Bonchev–Trinajstić information content (AvgIpc) is 2.46. The highest BCUT2D eigenvalue weighted by molar-refractivity contribution is 5.99. The van der Waals surface area contributed by atoms with E-state index >= 15 is 0 Å². The lowest BCUT2D eigenvalue weighted by molar-refractivity contribution is 0.318. The minimum atomic E-state index is 0.0366. The normalized spacial score (nSPS) is 10.7. The molecule has 0 saturated carbocycles. The minimum absolute atomic E-state index is 0.0366. The molecular weight excluding hydrogens is 242 g/mol. The van der Waals surface area contributed by atoms with Gasteiger partial charge in [-0.05, 0) is 24.6 Å². The summed E-state index contributed by atoms with van der Waals surface area (Å²) < 4.78 is 5.23. The quantitative estimate of drug-likeness (QED) is 0.180. The van der Waals surface area contributed by atoms with E-state index in [4.69, 9.17) is 15.7 Å². The first-order chi connectivity index (χ1) is 9.22. The molecule has 1 aromatic carbocycles. The Hall–Kier alpha value is -2.19. The lowest BCUT2D eigenvalue weighted by Crippen LogP contribution is -2.16. The summed E-state index contributed by atoms with van der Waals surface area (Å²) in [4.78, 5) is 0. The molecule has 0 spiro atoms. The van der Waals surface area contributed by atoms with Crippen molar-refractivity contribution in [2.75, 3.05) is 13.7 Å². The number of hydrogen-bond donors (Lipinski definition) is 3. The SMILES string of the molecule is CC#CCCNCc1ccc(/C(N)=N/O)c(OC)c1. The predicted molar refractivity (Wildman–Crippen MR) is 75.3 cm³/mol. The van der Waals surface area contributed by atoms with Gasteiger partial charge in [0.15, 0.2) is 5.84 Å². The fraction of sp³-hybridized carbons (Fsp3) is 0.357. The smallest absolute Gasteiger partial charge is 0.173 e. The average molecular weight is 261 g/mol. The van der Waals surface area contributed by atoms with Crippen LogP contribution in [-0.4, -0.2) is 24.7 Å². The molecule has 0 heterocycles. The molecule has 0 unspecified atom stereocenters. The van der Waals surface area contributed by atoms with Crippen molar-refractivity contribution in [2.24, 2.45) is 10.9 Å². The maximum atomic E-state index is 8.68. The van der Waals surface area contributed by atoms with Gasteiger partial charge in [0.05, 0.1) is 12.7 Å². The molecule has 19 heavy (non-hydrogen) atoms. The molecule has 5 nitrogen and oxygen atoms in total. The lowest BCUT2D eigenvalue weighted by Gasteiger charge is -2.10. The van der Waals surface area contributed by atoms with E-state index in [0.29, 0.717) is 11.3 Å². The van der Waals surface area contributed by atoms with Crippen LogP contribution in [0.25, 0.3) is 0 Å². The summed E-state index contributed by atoms with van der Waals surface area (Å²) in [6.07, 6.45) is 0.829. The topological polar surface area (TPSA) is 79.9 Å². The van der Waals surface area contributed by atoms with Gasteiger partial charge in [-0.3, -0.25) is 0 Å². The molecule has 1 aromatic rings. The number of ether oxygens (including phenoxy) is 1. The Bertz CT molecular complexity index is 501. The fourth-order valence-electron chi connectivity index (χ4n) is 1.62. The zero-order valence-corrected chi connectivity index (χ0v) is 11.2. The first-order valence-corrected chi connectivity index (χ1v) is 5.98. The standard InChI is InChI=1S/C14H19N3O2/c1-3-4-5-8-16-10-11-6-7-12(14(15)17-18)13(9-11)19-2/h6-7,9,16,18H,5,8,10H2,1-2H3,(H2,15,17). The Labute approximate surface area is 113 Å². The third-order valence-electron chi connectivity index (χ3n) is 2.58. The number of amidine groups is 1. The highest BCUT2D eigenvalue weighted by Gasteiger charge is 2.08. The summed E-state index contributed by atoms with van der Waals surface area (Å²) in [5.41, 5.74) is 7.21. The van der Waals surface area contributed by atoms with Crippen LogP contribution in [0.3, 0.4) is 0 Å². The Morgan fingerprint density at radius 3 is 2.95 bits per heavy atom. The van der Waals surface area contributed by atoms with Crippen molar-refractivity contribution in [1.82, 2.24) is 5.32 Å². The van der Waals surface area contributed by atoms with Crippen molar-refractivity contribution in [3.63, 3.8) is 0 Å². The number of methoxy groups -OCH3 is 1. The molecule has 0 saturated heterocycles. The predicted octanol–water partition coefficient (Wildman–Crippen LogP) is 1.29. The van der Waals surface area contributed by atoms with Crippen molar-refractivity contribution in [2.45, 2.75) is 19.9 Å². The van der Waals surface area contributed by atoms with Crippen LogP contribution in [0.4, 0.5) is 0 Å². The van der Waals surface area contributed by atoms with Gasteiger partial charge in [-0.2, -0.15) is 0 Å². The van der Waals surface area contributed by atoms with Crippen LogP contribution in [0.5, 0.6) is 5.75 Å². The molecule has 0 aliphatic heterocycles. The second-order valence-corrected chi connectivity index (χ2v) is 3.87. The number of rotatable bonds is 6. The van der Waals surface area contributed by atoms with E-state index in [-0.39, 0.29) is 5.84 Å². The molecule has 0 radical (unpaired) electrons. The van der Waals surface area contributed by atoms with E-state index in [0.717, 1.165) is 25.1 Å². The van der Waals surface area contributed by atoms with Crippen molar-refractivity contribution >= 4 is 5.84 Å². The third-order valence-corrected chi connectivity index (χ3v) is 2.58. The molecular formula is C14H19N3O2. The van der Waals surface area contributed by atoms with Crippen LogP contribution in [0.15, 0.2) is 23.4 Å². The van der Waals surface area contributed by atoms with Gasteiger partial charge in [-0.1, -0.05) is 11.2 Å². The molecule has 1 rings (SSSR count). The van der Waals surface area contributed by atoms with Crippen LogP contribution >= 0.6 is 0 Å². The molecule has 0 aliphatic carbocycles. The van der Waals surface area contributed by atoms with Gasteiger partial charge in [-0.25, -0.2) is 0 Å². The summed E-state index contributed by atoms with van der Waals surface area (Å²) in [5, 5.41) is 14.9. The van der Waals surface area contributed by atoms with Crippen molar-refractivity contribution < 1.29 is 9.94 Å². The summed E-state index contributed by atoms with van der Waals surface area (Å²) in [6, 6.07) is 5.55. The minimum Gasteiger partial charge on any atom is -0.496 e. The van der Waals surface area contributed by atoms with E-state index in [1.807, 2.05) is 19.1 Å². The van der Waals surface area contributed by atoms with E-state index in [1.54, 1.807) is 13.2 Å². The molecule has 0 amide bonds.